The normalized spacial score (nSPS) is 31.1. The maximum Gasteiger partial charge on any atom is 0.225 e. The van der Waals surface area contributed by atoms with Gasteiger partial charge in [-0.2, -0.15) is 0 Å². The Kier molecular flexibility index (Phi) is 2.75. The monoisotopic (exact) mass is 210 g/mol. The largest absolute Gasteiger partial charge is 0.341 e. The molecule has 0 aromatic heterocycles. The number of carbonyl (C=O) groups excluding carboxylic acids is 1. The quantitative estimate of drug-likeness (QED) is 0.710. The average Bonchev–Trinajstić information content (AvgIpc) is 2.06. The van der Waals surface area contributed by atoms with Gasteiger partial charge in [-0.15, -0.1) is 0 Å². The van der Waals surface area contributed by atoms with Crippen molar-refractivity contribution in [3.8, 4) is 0 Å². The topological polar surface area (TPSA) is 46.3 Å². The molecule has 3 heteroatoms. The molecule has 2 N–H and O–H groups in total. The zero-order chi connectivity index (χ0) is 11.1. The van der Waals surface area contributed by atoms with Crippen molar-refractivity contribution < 1.29 is 4.79 Å². The van der Waals surface area contributed by atoms with E-state index >= 15 is 0 Å². The maximum atomic E-state index is 12.0. The van der Waals surface area contributed by atoms with Crippen LogP contribution in [0.4, 0.5) is 0 Å². The molecule has 1 aliphatic carbocycles. The summed E-state index contributed by atoms with van der Waals surface area (Å²) in [6.45, 7) is 6.05. The second-order valence-electron chi connectivity index (χ2n) is 5.76. The molecular formula is C12H22N2O. The summed E-state index contributed by atoms with van der Waals surface area (Å²) >= 11 is 0. The molecule has 1 heterocycles. The van der Waals surface area contributed by atoms with E-state index in [1.807, 2.05) is 4.90 Å². The first kappa shape index (κ1) is 10.9. The summed E-state index contributed by atoms with van der Waals surface area (Å²) in [5.41, 5.74) is 6.30. The van der Waals surface area contributed by atoms with Gasteiger partial charge in [-0.3, -0.25) is 4.79 Å². The molecule has 0 radical (unpaired) electrons. The molecule has 2 aliphatic rings. The molecule has 1 saturated carbocycles. The summed E-state index contributed by atoms with van der Waals surface area (Å²) in [7, 11) is 0. The lowest BCUT2D eigenvalue weighted by molar-refractivity contribution is -0.140. The van der Waals surface area contributed by atoms with Crippen LogP contribution in [-0.2, 0) is 4.79 Å². The Morgan fingerprint density at radius 2 is 2.07 bits per heavy atom. The summed E-state index contributed by atoms with van der Waals surface area (Å²) < 4.78 is 0. The molecule has 0 bridgehead atoms. The smallest absolute Gasteiger partial charge is 0.225 e. The van der Waals surface area contributed by atoms with E-state index in [4.69, 9.17) is 5.73 Å². The van der Waals surface area contributed by atoms with Crippen LogP contribution in [0.5, 0.6) is 0 Å². The van der Waals surface area contributed by atoms with E-state index in [9.17, 15) is 4.79 Å². The minimum absolute atomic E-state index is 0.135. The number of carbonyl (C=O) groups is 1. The van der Waals surface area contributed by atoms with Crippen LogP contribution in [0.25, 0.3) is 0 Å². The SMILES string of the molecule is CC1(C)CCN(C(=O)C2CCC2)CC1N. The third-order valence-electron chi connectivity index (χ3n) is 4.21. The Balaban J connectivity index is 1.93. The van der Waals surface area contributed by atoms with E-state index < -0.39 is 0 Å². The first-order chi connectivity index (χ1) is 7.00. The van der Waals surface area contributed by atoms with Crippen LogP contribution >= 0.6 is 0 Å². The van der Waals surface area contributed by atoms with E-state index in [0.717, 1.165) is 32.4 Å². The molecule has 15 heavy (non-hydrogen) atoms. The molecule has 1 aliphatic heterocycles. The molecule has 1 unspecified atom stereocenters. The number of likely N-dealkylation sites (tertiary alicyclic amines) is 1. The van der Waals surface area contributed by atoms with Crippen LogP contribution in [-0.4, -0.2) is 29.9 Å². The van der Waals surface area contributed by atoms with Crippen LogP contribution in [0.15, 0.2) is 0 Å². The zero-order valence-corrected chi connectivity index (χ0v) is 9.83. The number of piperidine rings is 1. The third kappa shape index (κ3) is 2.03. The summed E-state index contributed by atoms with van der Waals surface area (Å²) in [6.07, 6.45) is 4.44. The number of nitrogens with zero attached hydrogens (tertiary/aromatic N) is 1. The fourth-order valence-electron chi connectivity index (χ4n) is 2.30. The standard InChI is InChI=1S/C12H22N2O/c1-12(2)6-7-14(8-10(12)13)11(15)9-4-3-5-9/h9-10H,3-8,13H2,1-2H3. The van der Waals surface area contributed by atoms with Gasteiger partial charge in [0.15, 0.2) is 0 Å². The molecule has 3 nitrogen and oxygen atoms in total. The molecule has 0 aromatic carbocycles. The molecular weight excluding hydrogens is 188 g/mol. The number of amides is 1. The van der Waals surface area contributed by atoms with E-state index in [1.54, 1.807) is 0 Å². The third-order valence-corrected chi connectivity index (χ3v) is 4.21. The number of nitrogens with two attached hydrogens (primary N) is 1. The summed E-state index contributed by atoms with van der Waals surface area (Å²) in [5, 5.41) is 0. The average molecular weight is 210 g/mol. The highest BCUT2D eigenvalue weighted by atomic mass is 16.2. The highest BCUT2D eigenvalue weighted by Crippen LogP contribution is 2.33. The van der Waals surface area contributed by atoms with Crippen LogP contribution in [0, 0.1) is 11.3 Å². The Morgan fingerprint density at radius 1 is 1.40 bits per heavy atom. The fraction of sp³-hybridized carbons (Fsp3) is 0.917. The molecule has 1 amide bonds. The van der Waals surface area contributed by atoms with Crippen molar-refractivity contribution in [1.82, 2.24) is 4.90 Å². The van der Waals surface area contributed by atoms with E-state index in [0.29, 0.717) is 11.8 Å². The summed E-state index contributed by atoms with van der Waals surface area (Å²) in [4.78, 5) is 14.0. The molecule has 2 rings (SSSR count). The number of hydrogen-bond acceptors (Lipinski definition) is 2. The molecule has 86 valence electrons. The second kappa shape index (κ2) is 3.78. The van der Waals surface area contributed by atoms with E-state index in [-0.39, 0.29) is 11.5 Å². The Bertz CT molecular complexity index is 258. The first-order valence-corrected chi connectivity index (χ1v) is 6.05. The van der Waals surface area contributed by atoms with Crippen LogP contribution in [0.3, 0.4) is 0 Å². The second-order valence-corrected chi connectivity index (χ2v) is 5.76. The van der Waals surface area contributed by atoms with E-state index in [2.05, 4.69) is 13.8 Å². The van der Waals surface area contributed by atoms with Crippen molar-refractivity contribution in [2.75, 3.05) is 13.1 Å². The van der Waals surface area contributed by atoms with Gasteiger partial charge in [-0.1, -0.05) is 20.3 Å². The van der Waals surface area contributed by atoms with Gasteiger partial charge in [0, 0.05) is 25.0 Å². The van der Waals surface area contributed by atoms with Crippen LogP contribution in [0.2, 0.25) is 0 Å². The minimum atomic E-state index is 0.135. The van der Waals surface area contributed by atoms with Gasteiger partial charge in [0.1, 0.15) is 0 Å². The van der Waals surface area contributed by atoms with Gasteiger partial charge in [0.05, 0.1) is 0 Å². The van der Waals surface area contributed by atoms with E-state index in [1.165, 1.54) is 6.42 Å². The predicted molar refractivity (Wildman–Crippen MR) is 60.3 cm³/mol. The van der Waals surface area contributed by atoms with Crippen molar-refractivity contribution in [1.29, 1.82) is 0 Å². The highest BCUT2D eigenvalue weighted by Gasteiger charge is 2.37. The van der Waals surface area contributed by atoms with Crippen molar-refractivity contribution in [3.05, 3.63) is 0 Å². The van der Waals surface area contributed by atoms with Crippen molar-refractivity contribution >= 4 is 5.91 Å². The van der Waals surface area contributed by atoms with Gasteiger partial charge in [0.2, 0.25) is 5.91 Å². The Hall–Kier alpha value is -0.570. The highest BCUT2D eigenvalue weighted by molar-refractivity contribution is 5.79. The lowest BCUT2D eigenvalue weighted by Gasteiger charge is -2.44. The minimum Gasteiger partial charge on any atom is -0.341 e. The fourth-order valence-corrected chi connectivity index (χ4v) is 2.30. The lowest BCUT2D eigenvalue weighted by atomic mass is 9.77. The zero-order valence-electron chi connectivity index (χ0n) is 9.83. The maximum absolute atomic E-state index is 12.0. The van der Waals surface area contributed by atoms with Gasteiger partial charge in [-0.05, 0) is 24.7 Å². The molecule has 0 spiro atoms. The lowest BCUT2D eigenvalue weighted by Crippen LogP contribution is -2.55. The van der Waals surface area contributed by atoms with Gasteiger partial charge in [-0.25, -0.2) is 0 Å². The van der Waals surface area contributed by atoms with Crippen LogP contribution in [0.1, 0.15) is 39.5 Å². The van der Waals surface area contributed by atoms with Crippen molar-refractivity contribution in [3.63, 3.8) is 0 Å². The number of rotatable bonds is 1. The Labute approximate surface area is 92.0 Å². The van der Waals surface area contributed by atoms with Gasteiger partial charge in [0.25, 0.3) is 0 Å². The summed E-state index contributed by atoms with van der Waals surface area (Å²) in [5.74, 6) is 0.672. The van der Waals surface area contributed by atoms with Gasteiger partial charge < -0.3 is 10.6 Å². The molecule has 0 aromatic rings. The predicted octanol–water partition coefficient (Wildman–Crippen LogP) is 1.37. The summed E-state index contributed by atoms with van der Waals surface area (Å²) in [6, 6.07) is 0.135. The molecule has 1 atom stereocenters. The molecule has 2 fully saturated rings. The van der Waals surface area contributed by atoms with Crippen molar-refractivity contribution in [2.45, 2.75) is 45.6 Å². The first-order valence-electron chi connectivity index (χ1n) is 6.05. The molecule has 1 saturated heterocycles. The Morgan fingerprint density at radius 3 is 2.53 bits per heavy atom. The van der Waals surface area contributed by atoms with Crippen molar-refractivity contribution in [2.24, 2.45) is 17.1 Å². The van der Waals surface area contributed by atoms with Crippen LogP contribution < -0.4 is 5.73 Å². The van der Waals surface area contributed by atoms with Gasteiger partial charge >= 0.3 is 0 Å². The number of hydrogen-bond donors (Lipinski definition) is 1.